The lowest BCUT2D eigenvalue weighted by atomic mass is 9.76. The largest absolute Gasteiger partial charge is 0.382 e. The van der Waals surface area contributed by atoms with Gasteiger partial charge in [-0.25, -0.2) is 4.39 Å². The van der Waals surface area contributed by atoms with E-state index in [4.69, 9.17) is 0 Å². The molecule has 4 atom stereocenters. The number of likely N-dealkylation sites (tertiary alicyclic amines) is 1. The minimum absolute atomic E-state index is 0.0612. The first-order valence-electron chi connectivity index (χ1n) is 18.0. The molecule has 8 rings (SSSR count). The predicted molar refractivity (Wildman–Crippen MR) is 193 cm³/mol. The zero-order chi connectivity index (χ0) is 34.2. The van der Waals surface area contributed by atoms with Crippen LogP contribution in [0.25, 0.3) is 10.9 Å². The van der Waals surface area contributed by atoms with E-state index >= 15 is 4.39 Å². The quantitative estimate of drug-likeness (QED) is 0.173. The summed E-state index contributed by atoms with van der Waals surface area (Å²) in [7, 11) is 0. The van der Waals surface area contributed by atoms with Crippen molar-refractivity contribution in [1.29, 1.82) is 0 Å². The van der Waals surface area contributed by atoms with Crippen LogP contribution < -0.4 is 10.6 Å². The zero-order valence-corrected chi connectivity index (χ0v) is 28.4. The molecule has 3 fully saturated rings. The average molecular weight is 671 g/mol. The van der Waals surface area contributed by atoms with Crippen LogP contribution in [0.2, 0.25) is 0 Å². The first kappa shape index (κ1) is 32.2. The number of rotatable bonds is 8. The van der Waals surface area contributed by atoms with Crippen molar-refractivity contribution < 1.29 is 14.0 Å². The second-order valence-electron chi connectivity index (χ2n) is 14.4. The van der Waals surface area contributed by atoms with Crippen molar-refractivity contribution in [3.05, 3.63) is 119 Å². The lowest BCUT2D eigenvalue weighted by Crippen LogP contribution is -2.54. The molecule has 0 spiro atoms. The Kier molecular flexibility index (Phi) is 8.81. The zero-order valence-electron chi connectivity index (χ0n) is 28.4. The van der Waals surface area contributed by atoms with Gasteiger partial charge in [-0.15, -0.1) is 0 Å². The molecule has 2 amide bonds. The van der Waals surface area contributed by atoms with Crippen LogP contribution in [0.1, 0.15) is 84.5 Å². The van der Waals surface area contributed by atoms with Crippen LogP contribution in [0.3, 0.4) is 0 Å². The van der Waals surface area contributed by atoms with Gasteiger partial charge in [0.05, 0.1) is 35.8 Å². The number of aryl methyl sites for hydroxylation is 1. The van der Waals surface area contributed by atoms with E-state index in [0.29, 0.717) is 30.3 Å². The Bertz CT molecular complexity index is 1980. The third-order valence-electron chi connectivity index (χ3n) is 11.2. The molecule has 2 aliphatic carbocycles. The van der Waals surface area contributed by atoms with Crippen molar-refractivity contribution in [2.75, 3.05) is 10.6 Å². The van der Waals surface area contributed by atoms with Crippen LogP contribution >= 0.6 is 0 Å². The van der Waals surface area contributed by atoms with Gasteiger partial charge in [0, 0.05) is 41.2 Å². The van der Waals surface area contributed by atoms with Gasteiger partial charge >= 0.3 is 0 Å². The maximum absolute atomic E-state index is 15.4. The summed E-state index contributed by atoms with van der Waals surface area (Å²) in [5.74, 6) is -1.37. The standard InChI is InChI=1S/C41H43FN6O2/c1-26-7-4-12-35(42)38(26)41(50)48-37-13-5-9-29(37)22-34(39(48)28-14-16-32(17-15-28)45-31-10-2-3-11-31)40(49)46-33-18-19-36-30(21-33)24-44-47(36)25-27-8-6-20-43-23-27/h4,6-8,12,14-21,23-24,29,31,34,37,39,45H,2-3,5,9-11,13,22,25H2,1H3,(H,46,49). The number of hydrogen-bond acceptors (Lipinski definition) is 5. The van der Waals surface area contributed by atoms with E-state index < -0.39 is 17.8 Å². The van der Waals surface area contributed by atoms with Gasteiger partial charge in [-0.2, -0.15) is 5.10 Å². The highest BCUT2D eigenvalue weighted by atomic mass is 19.1. The Morgan fingerprint density at radius 2 is 1.72 bits per heavy atom. The van der Waals surface area contributed by atoms with Crippen LogP contribution in [-0.2, 0) is 11.3 Å². The van der Waals surface area contributed by atoms with Crippen LogP contribution in [0, 0.1) is 24.6 Å². The summed E-state index contributed by atoms with van der Waals surface area (Å²) in [5, 5.41) is 12.4. The maximum atomic E-state index is 15.4. The topological polar surface area (TPSA) is 92.2 Å². The highest BCUT2D eigenvalue weighted by molar-refractivity contribution is 5.99. The fraction of sp³-hybridized carbons (Fsp3) is 0.366. The lowest BCUT2D eigenvalue weighted by molar-refractivity contribution is -0.125. The first-order chi connectivity index (χ1) is 24.4. The second kappa shape index (κ2) is 13.7. The number of hydrogen-bond donors (Lipinski definition) is 2. The number of nitrogens with one attached hydrogen (secondary N) is 2. The third kappa shape index (κ3) is 6.25. The number of carbonyl (C=O) groups is 2. The molecule has 9 heteroatoms. The molecule has 3 heterocycles. The van der Waals surface area contributed by atoms with E-state index in [1.807, 2.05) is 52.3 Å². The van der Waals surface area contributed by atoms with Gasteiger partial charge in [-0.3, -0.25) is 19.3 Å². The summed E-state index contributed by atoms with van der Waals surface area (Å²) in [6.45, 7) is 2.37. The smallest absolute Gasteiger partial charge is 0.257 e. The van der Waals surface area contributed by atoms with E-state index in [1.165, 1.54) is 18.9 Å². The van der Waals surface area contributed by atoms with Gasteiger partial charge < -0.3 is 15.5 Å². The molecule has 3 aliphatic rings. The molecule has 3 aromatic carbocycles. The summed E-state index contributed by atoms with van der Waals surface area (Å²) in [6.07, 6.45) is 13.6. The van der Waals surface area contributed by atoms with Gasteiger partial charge in [0.1, 0.15) is 5.82 Å². The number of aromatic nitrogens is 3. The van der Waals surface area contributed by atoms with Crippen LogP contribution in [-0.4, -0.2) is 43.6 Å². The number of carbonyl (C=O) groups excluding carboxylic acids is 2. The molecule has 1 aliphatic heterocycles. The van der Waals surface area contributed by atoms with Gasteiger partial charge in [-0.1, -0.05) is 49.6 Å². The van der Waals surface area contributed by atoms with Crippen LogP contribution in [0.5, 0.6) is 0 Å². The van der Waals surface area contributed by atoms with E-state index in [2.05, 4.69) is 45.0 Å². The third-order valence-corrected chi connectivity index (χ3v) is 11.2. The summed E-state index contributed by atoms with van der Waals surface area (Å²) in [6, 6.07) is 22.6. The predicted octanol–water partition coefficient (Wildman–Crippen LogP) is 8.29. The molecule has 4 unspecified atom stereocenters. The number of nitrogens with zero attached hydrogens (tertiary/aromatic N) is 4. The molecule has 2 N–H and O–H groups in total. The van der Waals surface area contributed by atoms with Crippen LogP contribution in [0.15, 0.2) is 91.4 Å². The molecule has 2 aromatic heterocycles. The molecule has 5 aromatic rings. The molecule has 8 nitrogen and oxygen atoms in total. The number of anilines is 2. The van der Waals surface area contributed by atoms with E-state index in [-0.39, 0.29) is 29.3 Å². The molecule has 50 heavy (non-hydrogen) atoms. The first-order valence-corrected chi connectivity index (χ1v) is 18.0. The molecular weight excluding hydrogens is 627 g/mol. The highest BCUT2D eigenvalue weighted by Crippen LogP contribution is 2.49. The number of fused-ring (bicyclic) bond motifs is 2. The van der Waals surface area contributed by atoms with Crippen molar-refractivity contribution >= 4 is 34.1 Å². The summed E-state index contributed by atoms with van der Waals surface area (Å²) >= 11 is 0. The van der Waals surface area contributed by atoms with Crippen LogP contribution in [0.4, 0.5) is 15.8 Å². The monoisotopic (exact) mass is 670 g/mol. The Labute approximate surface area is 292 Å². The minimum atomic E-state index is -0.549. The van der Waals surface area contributed by atoms with E-state index in [9.17, 15) is 9.59 Å². The Morgan fingerprint density at radius 3 is 2.50 bits per heavy atom. The second-order valence-corrected chi connectivity index (χ2v) is 14.4. The van der Waals surface area contributed by atoms with Gasteiger partial charge in [0.25, 0.3) is 5.91 Å². The highest BCUT2D eigenvalue weighted by Gasteiger charge is 2.50. The number of pyridine rings is 1. The Balaban J connectivity index is 1.12. The van der Waals surface area contributed by atoms with Crippen molar-refractivity contribution in [3.63, 3.8) is 0 Å². The maximum Gasteiger partial charge on any atom is 0.257 e. The Hall–Kier alpha value is -5.05. The van der Waals surface area contributed by atoms with E-state index in [0.717, 1.165) is 59.8 Å². The molecule has 0 radical (unpaired) electrons. The van der Waals surface area contributed by atoms with Gasteiger partial charge in [-0.05, 0) is 104 Å². The Morgan fingerprint density at radius 1 is 0.900 bits per heavy atom. The van der Waals surface area contributed by atoms with Crippen molar-refractivity contribution in [2.24, 2.45) is 11.8 Å². The number of halogens is 1. The van der Waals surface area contributed by atoms with E-state index in [1.54, 1.807) is 25.3 Å². The van der Waals surface area contributed by atoms with Crippen molar-refractivity contribution in [2.45, 2.75) is 83.0 Å². The number of amides is 2. The normalized spacial score (nSPS) is 22.1. The van der Waals surface area contributed by atoms with Crippen molar-refractivity contribution in [1.82, 2.24) is 19.7 Å². The van der Waals surface area contributed by atoms with Gasteiger partial charge in [0.2, 0.25) is 5.91 Å². The van der Waals surface area contributed by atoms with Gasteiger partial charge in [0.15, 0.2) is 0 Å². The fourth-order valence-corrected chi connectivity index (χ4v) is 8.74. The SMILES string of the molecule is Cc1cccc(F)c1C(=O)N1C2CCCC2CC(C(=O)Nc2ccc3c(cnn3Cc3cccnc3)c2)C1c1ccc(NC2CCCC2)cc1. The summed E-state index contributed by atoms with van der Waals surface area (Å²) in [5.41, 5.74) is 5.31. The lowest BCUT2D eigenvalue weighted by Gasteiger charge is -2.48. The summed E-state index contributed by atoms with van der Waals surface area (Å²) in [4.78, 5) is 35.2. The molecule has 256 valence electrons. The molecular formula is C41H43FN6O2. The minimum Gasteiger partial charge on any atom is -0.382 e. The average Bonchev–Trinajstić information content (AvgIpc) is 3.90. The number of benzene rings is 3. The molecule has 2 saturated carbocycles. The number of piperidine rings is 1. The van der Waals surface area contributed by atoms with Crippen molar-refractivity contribution in [3.8, 4) is 0 Å². The summed E-state index contributed by atoms with van der Waals surface area (Å²) < 4.78 is 17.4. The molecule has 1 saturated heterocycles. The molecule has 0 bridgehead atoms. The fourth-order valence-electron chi connectivity index (χ4n) is 8.74.